The van der Waals surface area contributed by atoms with E-state index in [2.05, 4.69) is 55.0 Å². The topological polar surface area (TPSA) is 0 Å². The summed E-state index contributed by atoms with van der Waals surface area (Å²) in [6, 6.07) is 0. The van der Waals surface area contributed by atoms with Gasteiger partial charge in [0.05, 0.1) is 0 Å². The van der Waals surface area contributed by atoms with Crippen molar-refractivity contribution in [1.82, 2.24) is 0 Å². The molecule has 0 aromatic carbocycles. The van der Waals surface area contributed by atoms with Gasteiger partial charge in [-0.05, 0) is 28.1 Å². The number of rotatable bonds is 2. The summed E-state index contributed by atoms with van der Waals surface area (Å²) < 4.78 is 0. The summed E-state index contributed by atoms with van der Waals surface area (Å²) in [5, 5.41) is 1.93. The molecule has 0 N–H and O–H groups in total. The minimum absolute atomic E-state index is 0.218. The van der Waals surface area contributed by atoms with Crippen molar-refractivity contribution in [1.29, 1.82) is 0 Å². The average molecular weight is 212 g/mol. The van der Waals surface area contributed by atoms with Crippen LogP contribution < -0.4 is 0 Å². The lowest BCUT2D eigenvalue weighted by molar-refractivity contribution is 0.464. The Morgan fingerprint density at radius 3 is 1.64 bits per heavy atom. The van der Waals surface area contributed by atoms with Gasteiger partial charge < -0.3 is 0 Å². The van der Waals surface area contributed by atoms with Crippen molar-refractivity contribution < 1.29 is 0 Å². The molecule has 0 spiro atoms. The lowest BCUT2D eigenvalue weighted by Crippen LogP contribution is -2.16. The van der Waals surface area contributed by atoms with Crippen LogP contribution in [0.4, 0.5) is 0 Å². The molecule has 0 heterocycles. The highest BCUT2D eigenvalue weighted by Gasteiger charge is 2.24. The Kier molecular flexibility index (Phi) is 4.51. The molecule has 0 atom stereocenters. The van der Waals surface area contributed by atoms with Gasteiger partial charge in [-0.1, -0.05) is 53.7 Å². The highest BCUT2D eigenvalue weighted by atomic mass is 32.2. The molecule has 14 heavy (non-hydrogen) atoms. The molecule has 0 saturated carbocycles. The quantitative estimate of drug-likeness (QED) is 0.604. The Bertz CT molecular complexity index is 233. The lowest BCUT2D eigenvalue weighted by atomic mass is 9.82. The van der Waals surface area contributed by atoms with Crippen molar-refractivity contribution in [3.63, 3.8) is 0 Å². The summed E-state index contributed by atoms with van der Waals surface area (Å²) in [6.07, 6.45) is 0. The monoisotopic (exact) mass is 212 g/mol. The summed E-state index contributed by atoms with van der Waals surface area (Å²) in [5.74, 6) is 0. The fraction of sp³-hybridized carbons (Fsp3) is 0.692. The van der Waals surface area contributed by atoms with E-state index in [1.54, 1.807) is 11.8 Å². The van der Waals surface area contributed by atoms with Crippen LogP contribution >= 0.6 is 11.8 Å². The molecule has 0 fully saturated rings. The predicted molar refractivity (Wildman–Crippen MR) is 69.4 cm³/mol. The highest BCUT2D eigenvalue weighted by Crippen LogP contribution is 2.42. The number of hydrogen-bond donors (Lipinski definition) is 0. The van der Waals surface area contributed by atoms with Gasteiger partial charge in [-0.2, -0.15) is 0 Å². The fourth-order valence-electron chi connectivity index (χ4n) is 1.25. The van der Waals surface area contributed by atoms with Crippen molar-refractivity contribution in [3.05, 3.63) is 22.5 Å². The molecular formula is C13H24S. The summed E-state index contributed by atoms with van der Waals surface area (Å²) in [7, 11) is 0. The van der Waals surface area contributed by atoms with E-state index in [1.165, 1.54) is 10.5 Å². The normalized spacial score (nSPS) is 15.1. The number of thioether (sulfide) groups is 1. The Balaban J connectivity index is 5.27. The number of allylic oxidation sites excluding steroid dienone is 2. The zero-order chi connectivity index (χ0) is 11.6. The van der Waals surface area contributed by atoms with E-state index in [4.69, 9.17) is 0 Å². The first-order valence-electron chi connectivity index (χ1n) is 5.10. The Morgan fingerprint density at radius 1 is 1.00 bits per heavy atom. The second-order valence-electron chi connectivity index (χ2n) is 5.74. The third kappa shape index (κ3) is 3.91. The highest BCUT2D eigenvalue weighted by molar-refractivity contribution is 8.05. The zero-order valence-corrected chi connectivity index (χ0v) is 11.5. The van der Waals surface area contributed by atoms with E-state index in [0.29, 0.717) is 0 Å². The molecule has 0 radical (unpaired) electrons. The maximum Gasteiger partial charge on any atom is -0.00604 e. The molecule has 0 aromatic heterocycles. The molecule has 0 unspecified atom stereocenters. The summed E-state index contributed by atoms with van der Waals surface area (Å²) in [4.78, 5) is 1.44. The maximum absolute atomic E-state index is 3.81. The summed E-state index contributed by atoms with van der Waals surface area (Å²) in [5.41, 5.74) is 1.93. The van der Waals surface area contributed by atoms with E-state index in [0.717, 1.165) is 0 Å². The minimum atomic E-state index is 0.218. The molecule has 0 aliphatic heterocycles. The summed E-state index contributed by atoms with van der Waals surface area (Å²) >= 11 is 1.76. The van der Waals surface area contributed by atoms with E-state index in [1.807, 2.05) is 5.41 Å². The Hall–Kier alpha value is -0.170. The fourth-order valence-corrected chi connectivity index (χ4v) is 2.25. The van der Waals surface area contributed by atoms with Gasteiger partial charge in [0.2, 0.25) is 0 Å². The van der Waals surface area contributed by atoms with Crippen LogP contribution in [0.5, 0.6) is 0 Å². The van der Waals surface area contributed by atoms with Gasteiger partial charge >= 0.3 is 0 Å². The van der Waals surface area contributed by atoms with E-state index in [-0.39, 0.29) is 10.8 Å². The van der Waals surface area contributed by atoms with E-state index < -0.39 is 0 Å². The SMILES string of the molecule is C=CS/C(=C(\C)C(C)(C)C)C(C)(C)C. The first kappa shape index (κ1) is 13.8. The van der Waals surface area contributed by atoms with E-state index >= 15 is 0 Å². The molecule has 0 saturated heterocycles. The van der Waals surface area contributed by atoms with Crippen LogP contribution in [0.3, 0.4) is 0 Å². The second-order valence-corrected chi connectivity index (χ2v) is 6.72. The summed E-state index contributed by atoms with van der Waals surface area (Å²) in [6.45, 7) is 19.6. The largest absolute Gasteiger partial charge is 0.103 e. The van der Waals surface area contributed by atoms with Gasteiger partial charge in [0.15, 0.2) is 0 Å². The van der Waals surface area contributed by atoms with Crippen LogP contribution in [0.25, 0.3) is 0 Å². The van der Waals surface area contributed by atoms with Crippen LogP contribution in [0.1, 0.15) is 48.5 Å². The van der Waals surface area contributed by atoms with Gasteiger partial charge in [-0.15, -0.1) is 11.8 Å². The van der Waals surface area contributed by atoms with E-state index in [9.17, 15) is 0 Å². The molecule has 82 valence electrons. The van der Waals surface area contributed by atoms with Crippen molar-refractivity contribution >= 4 is 11.8 Å². The van der Waals surface area contributed by atoms with Crippen molar-refractivity contribution in [3.8, 4) is 0 Å². The molecule has 1 heteroatoms. The predicted octanol–water partition coefficient (Wildman–Crippen LogP) is 5.23. The van der Waals surface area contributed by atoms with Gasteiger partial charge in [0.25, 0.3) is 0 Å². The third-order valence-electron chi connectivity index (χ3n) is 2.35. The van der Waals surface area contributed by atoms with Crippen LogP contribution in [0, 0.1) is 10.8 Å². The first-order chi connectivity index (χ1) is 6.10. The molecule has 0 aromatic rings. The maximum atomic E-state index is 3.81. The van der Waals surface area contributed by atoms with Crippen LogP contribution in [0.15, 0.2) is 22.5 Å². The number of hydrogen-bond acceptors (Lipinski definition) is 1. The lowest BCUT2D eigenvalue weighted by Gasteiger charge is -2.30. The van der Waals surface area contributed by atoms with Gasteiger partial charge in [-0.3, -0.25) is 0 Å². The molecule has 0 nitrogen and oxygen atoms in total. The first-order valence-corrected chi connectivity index (χ1v) is 5.98. The molecule has 0 rings (SSSR count). The molecule has 0 aliphatic rings. The van der Waals surface area contributed by atoms with Crippen molar-refractivity contribution in [2.75, 3.05) is 0 Å². The van der Waals surface area contributed by atoms with Gasteiger partial charge in [0.1, 0.15) is 0 Å². The molecule has 0 bridgehead atoms. The van der Waals surface area contributed by atoms with Crippen molar-refractivity contribution in [2.24, 2.45) is 10.8 Å². The average Bonchev–Trinajstić information content (AvgIpc) is 1.94. The van der Waals surface area contributed by atoms with Gasteiger partial charge in [-0.25, -0.2) is 0 Å². The standard InChI is InChI=1S/C13H24S/c1-9-14-11(13(6,7)8)10(2)12(3,4)5/h9H,1H2,2-8H3/b11-10+. The van der Waals surface area contributed by atoms with Crippen LogP contribution in [-0.2, 0) is 0 Å². The van der Waals surface area contributed by atoms with Crippen LogP contribution in [-0.4, -0.2) is 0 Å². The molecule has 0 aliphatic carbocycles. The molecular weight excluding hydrogens is 188 g/mol. The zero-order valence-electron chi connectivity index (χ0n) is 10.7. The smallest absolute Gasteiger partial charge is 0.00604 e. The van der Waals surface area contributed by atoms with Gasteiger partial charge in [0, 0.05) is 0 Å². The van der Waals surface area contributed by atoms with Crippen LogP contribution in [0.2, 0.25) is 0 Å². The molecule has 0 amide bonds. The minimum Gasteiger partial charge on any atom is -0.103 e. The second kappa shape index (κ2) is 4.57. The van der Waals surface area contributed by atoms with Crippen molar-refractivity contribution in [2.45, 2.75) is 48.5 Å². The third-order valence-corrected chi connectivity index (χ3v) is 3.67. The Morgan fingerprint density at radius 2 is 1.43 bits per heavy atom. The Labute approximate surface area is 93.9 Å².